The number of rotatable bonds is 14. The van der Waals surface area contributed by atoms with Crippen LogP contribution < -0.4 is 31.5 Å². The Morgan fingerprint density at radius 3 is 2.14 bits per heavy atom. The third kappa shape index (κ3) is 9.13. The normalized spacial score (nSPS) is 20.9. The number of hydrogen-bond acceptors (Lipinski definition) is 11. The third-order valence-electron chi connectivity index (χ3n) is 11.8. The molecule has 0 spiro atoms. The molecule has 2 aromatic carbocycles. The van der Waals surface area contributed by atoms with E-state index in [1.807, 2.05) is 54.6 Å². The predicted molar refractivity (Wildman–Crippen MR) is 222 cm³/mol. The molecule has 16 nitrogen and oxygen atoms in total. The van der Waals surface area contributed by atoms with Crippen molar-refractivity contribution in [3.05, 3.63) is 108 Å². The number of piperidine rings is 1. The Hall–Kier alpha value is -6.13. The smallest absolute Gasteiger partial charge is 0.315 e. The Bertz CT molecular complexity index is 2160. The highest BCUT2D eigenvalue weighted by molar-refractivity contribution is 5.94. The SMILES string of the molecule is O=C(NCCNC(=O)c1nc(NCC(c2ccccc2)c2ccccc2)c2ncn(C3C[C@H](NC(=O)C4CCC4)[C@@H](O)[C@H]3O)c2n1)NC1CCN(c2ccccn2)CC1. The Labute approximate surface area is 342 Å². The van der Waals surface area contributed by atoms with Crippen molar-refractivity contribution in [2.75, 3.05) is 42.9 Å². The fourth-order valence-electron chi connectivity index (χ4n) is 8.24. The van der Waals surface area contributed by atoms with Crippen LogP contribution in [0.1, 0.15) is 72.2 Å². The molecule has 4 heterocycles. The number of hydrogen-bond donors (Lipinski definition) is 7. The first-order chi connectivity index (χ1) is 28.8. The summed E-state index contributed by atoms with van der Waals surface area (Å²) in [6, 6.07) is 24.4. The van der Waals surface area contributed by atoms with Crippen molar-refractivity contribution in [3.8, 4) is 0 Å². The lowest BCUT2D eigenvalue weighted by Crippen LogP contribution is -2.49. The fraction of sp³-hybridized carbons (Fsp3) is 0.419. The van der Waals surface area contributed by atoms with E-state index in [1.54, 1.807) is 10.8 Å². The number of nitrogens with zero attached hydrogens (tertiary/aromatic N) is 6. The second-order valence-electron chi connectivity index (χ2n) is 15.6. The highest BCUT2D eigenvalue weighted by Gasteiger charge is 2.45. The Morgan fingerprint density at radius 1 is 0.780 bits per heavy atom. The van der Waals surface area contributed by atoms with Crippen LogP contribution in [0, 0.1) is 5.92 Å². The number of carbonyl (C=O) groups excluding carboxylic acids is 3. The molecule has 5 aromatic rings. The van der Waals surface area contributed by atoms with Crippen molar-refractivity contribution in [1.82, 2.24) is 45.8 Å². The molecular weight excluding hydrogens is 751 g/mol. The molecule has 4 amide bonds. The summed E-state index contributed by atoms with van der Waals surface area (Å²) < 4.78 is 1.65. The minimum Gasteiger partial charge on any atom is -0.388 e. The maximum Gasteiger partial charge on any atom is 0.315 e. The van der Waals surface area contributed by atoms with Crippen molar-refractivity contribution in [2.24, 2.45) is 5.92 Å². The van der Waals surface area contributed by atoms with Gasteiger partial charge in [0.2, 0.25) is 11.7 Å². The summed E-state index contributed by atoms with van der Waals surface area (Å²) in [6.07, 6.45) is 5.32. The van der Waals surface area contributed by atoms with Crippen molar-refractivity contribution < 1.29 is 24.6 Å². The zero-order valence-corrected chi connectivity index (χ0v) is 32.8. The summed E-state index contributed by atoms with van der Waals surface area (Å²) in [4.78, 5) is 59.8. The number of carbonyl (C=O) groups is 3. The standard InChI is InChI=1S/C43H51N11O5/c55-36-32(50-41(57)29-14-9-15-29)24-33(37(36)56)54-26-48-35-38(47-25-31(27-10-3-1-4-11-27)28-12-5-2-6-13-28)51-39(52-40(35)54)42(58)45-20-21-46-43(59)49-30-17-22-53(23-18-30)34-16-7-8-19-44-34/h1-8,10-13,16,19,26,29-33,36-37,55-56H,9,14-15,17-18,20-25H2,(H,45,58)(H,50,57)(H2,46,49,59)(H,47,51,52)/t32-,33?,36+,37-/m0/s1. The van der Waals surface area contributed by atoms with E-state index in [0.29, 0.717) is 17.9 Å². The van der Waals surface area contributed by atoms with Gasteiger partial charge in [0.15, 0.2) is 11.5 Å². The lowest BCUT2D eigenvalue weighted by molar-refractivity contribution is -0.129. The Kier molecular flexibility index (Phi) is 12.2. The molecule has 2 aliphatic carbocycles. The Morgan fingerprint density at radius 2 is 1.47 bits per heavy atom. The van der Waals surface area contributed by atoms with E-state index < -0.39 is 30.2 Å². The second-order valence-corrected chi connectivity index (χ2v) is 15.6. The number of urea groups is 1. The van der Waals surface area contributed by atoms with Crippen LogP contribution in [0.2, 0.25) is 0 Å². The Balaban J connectivity index is 0.961. The van der Waals surface area contributed by atoms with Gasteiger partial charge in [-0.1, -0.05) is 73.2 Å². The first-order valence-corrected chi connectivity index (χ1v) is 20.6. The largest absolute Gasteiger partial charge is 0.388 e. The van der Waals surface area contributed by atoms with Gasteiger partial charge in [0, 0.05) is 56.8 Å². The van der Waals surface area contributed by atoms with Gasteiger partial charge in [-0.2, -0.15) is 0 Å². The van der Waals surface area contributed by atoms with Crippen LogP contribution in [0.25, 0.3) is 11.2 Å². The monoisotopic (exact) mass is 801 g/mol. The third-order valence-corrected chi connectivity index (χ3v) is 11.8. The van der Waals surface area contributed by atoms with E-state index in [-0.39, 0.29) is 60.8 Å². The average Bonchev–Trinajstić information content (AvgIpc) is 3.79. The van der Waals surface area contributed by atoms with E-state index in [1.165, 1.54) is 6.33 Å². The minimum atomic E-state index is -1.23. The van der Waals surface area contributed by atoms with E-state index in [9.17, 15) is 24.6 Å². The molecule has 16 heteroatoms. The van der Waals surface area contributed by atoms with Crippen molar-refractivity contribution in [2.45, 2.75) is 74.8 Å². The van der Waals surface area contributed by atoms with E-state index in [4.69, 9.17) is 0 Å². The van der Waals surface area contributed by atoms with Crippen LogP contribution in [-0.2, 0) is 4.79 Å². The van der Waals surface area contributed by atoms with Gasteiger partial charge >= 0.3 is 6.03 Å². The van der Waals surface area contributed by atoms with Gasteiger partial charge in [0.1, 0.15) is 23.5 Å². The number of anilines is 2. The molecule has 0 bridgehead atoms. The van der Waals surface area contributed by atoms with Crippen LogP contribution in [0.15, 0.2) is 91.4 Å². The van der Waals surface area contributed by atoms with Crippen LogP contribution in [-0.4, -0.2) is 110 Å². The maximum absolute atomic E-state index is 13.7. The number of aliphatic hydroxyl groups is 2. The van der Waals surface area contributed by atoms with E-state index in [0.717, 1.165) is 62.1 Å². The molecule has 1 saturated heterocycles. The molecule has 4 atom stereocenters. The molecule has 308 valence electrons. The number of benzene rings is 2. The van der Waals surface area contributed by atoms with Gasteiger partial charge in [-0.25, -0.2) is 24.7 Å². The molecule has 0 radical (unpaired) electrons. The van der Waals surface area contributed by atoms with Gasteiger partial charge in [0.05, 0.1) is 18.4 Å². The molecule has 3 aromatic heterocycles. The molecule has 2 saturated carbocycles. The minimum absolute atomic E-state index is 0.0256. The number of amides is 4. The highest BCUT2D eigenvalue weighted by Crippen LogP contribution is 2.35. The van der Waals surface area contributed by atoms with E-state index in [2.05, 4.69) is 75.7 Å². The molecule has 1 unspecified atom stereocenters. The van der Waals surface area contributed by atoms with Gasteiger partial charge in [-0.15, -0.1) is 0 Å². The van der Waals surface area contributed by atoms with Crippen LogP contribution in [0.5, 0.6) is 0 Å². The molecule has 7 N–H and O–H groups in total. The first-order valence-electron chi connectivity index (χ1n) is 20.6. The zero-order chi connectivity index (χ0) is 40.7. The van der Waals surface area contributed by atoms with Crippen LogP contribution in [0.3, 0.4) is 0 Å². The van der Waals surface area contributed by atoms with Gasteiger partial charge in [-0.05, 0) is 55.4 Å². The quantitative estimate of drug-likeness (QED) is 0.0812. The summed E-state index contributed by atoms with van der Waals surface area (Å²) in [6.45, 7) is 2.28. The number of aromatic nitrogens is 5. The first kappa shape index (κ1) is 39.7. The number of nitrogens with one attached hydrogen (secondary N) is 5. The van der Waals surface area contributed by atoms with Gasteiger partial charge in [-0.3, -0.25) is 9.59 Å². The molecule has 1 aliphatic heterocycles. The van der Waals surface area contributed by atoms with Gasteiger partial charge < -0.3 is 46.3 Å². The van der Waals surface area contributed by atoms with E-state index >= 15 is 0 Å². The molecule has 59 heavy (non-hydrogen) atoms. The summed E-state index contributed by atoms with van der Waals surface area (Å²) >= 11 is 0. The summed E-state index contributed by atoms with van der Waals surface area (Å²) in [5.74, 6) is 0.299. The highest BCUT2D eigenvalue weighted by atomic mass is 16.3. The second kappa shape index (κ2) is 18.2. The molecular formula is C43H51N11O5. The fourth-order valence-corrected chi connectivity index (χ4v) is 8.24. The summed E-state index contributed by atoms with van der Waals surface area (Å²) in [5.41, 5.74) is 2.85. The summed E-state index contributed by atoms with van der Waals surface area (Å²) in [7, 11) is 0. The number of aliphatic hydroxyl groups excluding tert-OH is 2. The average molecular weight is 802 g/mol. The van der Waals surface area contributed by atoms with Crippen molar-refractivity contribution >= 4 is 40.6 Å². The van der Waals surface area contributed by atoms with Gasteiger partial charge in [0.25, 0.3) is 5.91 Å². The number of pyridine rings is 1. The predicted octanol–water partition coefficient (Wildman–Crippen LogP) is 3.11. The molecule has 3 aliphatic rings. The zero-order valence-electron chi connectivity index (χ0n) is 32.8. The van der Waals surface area contributed by atoms with Crippen molar-refractivity contribution in [1.29, 1.82) is 0 Å². The number of fused-ring (bicyclic) bond motifs is 1. The summed E-state index contributed by atoms with van der Waals surface area (Å²) in [5, 5.41) is 37.4. The topological polar surface area (TPSA) is 212 Å². The molecule has 8 rings (SSSR count). The lowest BCUT2D eigenvalue weighted by atomic mass is 9.84. The lowest BCUT2D eigenvalue weighted by Gasteiger charge is -2.33. The molecule has 3 fully saturated rings. The number of imidazole rings is 1. The van der Waals surface area contributed by atoms with Crippen LogP contribution in [0.4, 0.5) is 16.4 Å². The maximum atomic E-state index is 13.7. The van der Waals surface area contributed by atoms with Crippen LogP contribution >= 0.6 is 0 Å². The van der Waals surface area contributed by atoms with Crippen molar-refractivity contribution in [3.63, 3.8) is 0 Å².